The molecule has 1 aromatic rings. The lowest BCUT2D eigenvalue weighted by atomic mass is 10.1. The van der Waals surface area contributed by atoms with Crippen molar-refractivity contribution < 1.29 is 4.79 Å². The van der Waals surface area contributed by atoms with Gasteiger partial charge in [0.15, 0.2) is 0 Å². The number of nitrogens with one attached hydrogen (secondary N) is 3. The molecule has 0 unspecified atom stereocenters. The van der Waals surface area contributed by atoms with Gasteiger partial charge in [-0.05, 0) is 11.5 Å². The van der Waals surface area contributed by atoms with Crippen LogP contribution in [0, 0.1) is 5.92 Å². The van der Waals surface area contributed by atoms with Gasteiger partial charge in [0.05, 0.1) is 0 Å². The number of carbonyl (C=O) groups is 1. The van der Waals surface area contributed by atoms with E-state index < -0.39 is 0 Å². The minimum Gasteiger partial charge on any atom is -0.352 e. The summed E-state index contributed by atoms with van der Waals surface area (Å²) in [6, 6.07) is 9.96. The standard InChI is InChI=1S/C12H17N3O/c16-12(6-11-8-14-15-9-11)13-7-10-4-2-1-3-5-10/h1-5,11,14-15H,6-9H2,(H,13,16). The Kier molecular flexibility index (Phi) is 3.91. The first-order valence-electron chi connectivity index (χ1n) is 5.61. The van der Waals surface area contributed by atoms with Crippen LogP contribution < -0.4 is 16.2 Å². The van der Waals surface area contributed by atoms with Gasteiger partial charge in [-0.25, -0.2) is 0 Å². The number of amides is 1. The zero-order valence-electron chi connectivity index (χ0n) is 9.20. The molecule has 0 atom stereocenters. The van der Waals surface area contributed by atoms with Crippen LogP contribution in [0.1, 0.15) is 12.0 Å². The molecule has 4 nitrogen and oxygen atoms in total. The summed E-state index contributed by atoms with van der Waals surface area (Å²) in [6.07, 6.45) is 0.590. The fraction of sp³-hybridized carbons (Fsp3) is 0.417. The lowest BCUT2D eigenvalue weighted by Gasteiger charge is -2.08. The number of rotatable bonds is 4. The first kappa shape index (κ1) is 11.1. The van der Waals surface area contributed by atoms with Crippen LogP contribution in [0.3, 0.4) is 0 Å². The molecule has 1 aromatic carbocycles. The molecule has 4 heteroatoms. The van der Waals surface area contributed by atoms with E-state index in [-0.39, 0.29) is 5.91 Å². The Balaban J connectivity index is 1.71. The third-order valence-corrected chi connectivity index (χ3v) is 2.71. The third-order valence-electron chi connectivity index (χ3n) is 2.71. The van der Waals surface area contributed by atoms with Crippen LogP contribution in [0.25, 0.3) is 0 Å². The van der Waals surface area contributed by atoms with Crippen LogP contribution in [-0.4, -0.2) is 19.0 Å². The number of hydrogen-bond acceptors (Lipinski definition) is 3. The predicted octanol–water partition coefficient (Wildman–Crippen LogP) is 0.417. The van der Waals surface area contributed by atoms with Crippen LogP contribution in [0.5, 0.6) is 0 Å². The maximum atomic E-state index is 11.6. The maximum absolute atomic E-state index is 11.6. The van der Waals surface area contributed by atoms with Gasteiger partial charge in [-0.2, -0.15) is 0 Å². The quantitative estimate of drug-likeness (QED) is 0.688. The number of benzene rings is 1. The lowest BCUT2D eigenvalue weighted by Crippen LogP contribution is -2.26. The summed E-state index contributed by atoms with van der Waals surface area (Å²) in [5.41, 5.74) is 7.18. The molecule has 0 bridgehead atoms. The highest BCUT2D eigenvalue weighted by molar-refractivity contribution is 5.76. The second-order valence-electron chi connectivity index (χ2n) is 4.09. The van der Waals surface area contributed by atoms with Crippen molar-refractivity contribution in [2.24, 2.45) is 5.92 Å². The summed E-state index contributed by atoms with van der Waals surface area (Å²) < 4.78 is 0. The van der Waals surface area contributed by atoms with E-state index in [1.54, 1.807) is 0 Å². The average molecular weight is 219 g/mol. The summed E-state index contributed by atoms with van der Waals surface area (Å²) in [6.45, 7) is 2.37. The molecule has 1 amide bonds. The smallest absolute Gasteiger partial charge is 0.220 e. The fourth-order valence-corrected chi connectivity index (χ4v) is 1.78. The molecule has 1 saturated heterocycles. The molecule has 0 aliphatic carbocycles. The molecule has 2 rings (SSSR count). The van der Waals surface area contributed by atoms with Gasteiger partial charge in [-0.3, -0.25) is 15.6 Å². The highest BCUT2D eigenvalue weighted by Crippen LogP contribution is 2.04. The summed E-state index contributed by atoms with van der Waals surface area (Å²) in [7, 11) is 0. The van der Waals surface area contributed by atoms with Crippen molar-refractivity contribution >= 4 is 5.91 Å². The molecule has 1 aliphatic heterocycles. The van der Waals surface area contributed by atoms with Crippen molar-refractivity contribution in [2.75, 3.05) is 13.1 Å². The number of hydrogen-bond donors (Lipinski definition) is 3. The Morgan fingerprint density at radius 3 is 2.62 bits per heavy atom. The van der Waals surface area contributed by atoms with Gasteiger partial charge in [0.2, 0.25) is 5.91 Å². The molecule has 1 aliphatic rings. The molecule has 3 N–H and O–H groups in total. The molecule has 16 heavy (non-hydrogen) atoms. The van der Waals surface area contributed by atoms with E-state index in [0.717, 1.165) is 18.7 Å². The highest BCUT2D eigenvalue weighted by atomic mass is 16.1. The topological polar surface area (TPSA) is 53.2 Å². The van der Waals surface area contributed by atoms with Gasteiger partial charge in [0, 0.05) is 26.1 Å². The molecule has 0 spiro atoms. The van der Waals surface area contributed by atoms with Crippen molar-refractivity contribution in [2.45, 2.75) is 13.0 Å². The number of hydrazine groups is 1. The Bertz CT molecular complexity index is 333. The van der Waals surface area contributed by atoms with Gasteiger partial charge in [-0.15, -0.1) is 0 Å². The molecule has 1 heterocycles. The lowest BCUT2D eigenvalue weighted by molar-refractivity contribution is -0.122. The minimum absolute atomic E-state index is 0.124. The SMILES string of the molecule is O=C(CC1CNNC1)NCc1ccccc1. The van der Waals surface area contributed by atoms with Crippen LogP contribution >= 0.6 is 0 Å². The Labute approximate surface area is 95.4 Å². The van der Waals surface area contributed by atoms with Crippen molar-refractivity contribution in [1.29, 1.82) is 0 Å². The summed E-state index contributed by atoms with van der Waals surface area (Å²) in [5, 5.41) is 2.93. The van der Waals surface area contributed by atoms with Gasteiger partial charge in [-0.1, -0.05) is 30.3 Å². The third kappa shape index (κ3) is 3.32. The van der Waals surface area contributed by atoms with Gasteiger partial charge >= 0.3 is 0 Å². The van der Waals surface area contributed by atoms with E-state index in [2.05, 4.69) is 16.2 Å². The Morgan fingerprint density at radius 2 is 1.94 bits per heavy atom. The van der Waals surface area contributed by atoms with Gasteiger partial charge < -0.3 is 5.32 Å². The molecule has 1 fully saturated rings. The minimum atomic E-state index is 0.124. The van der Waals surface area contributed by atoms with Crippen LogP contribution in [0.2, 0.25) is 0 Å². The second-order valence-corrected chi connectivity index (χ2v) is 4.09. The van der Waals surface area contributed by atoms with E-state index in [0.29, 0.717) is 18.9 Å². The fourth-order valence-electron chi connectivity index (χ4n) is 1.78. The van der Waals surface area contributed by atoms with E-state index >= 15 is 0 Å². The molecule has 86 valence electrons. The molecule has 0 aromatic heterocycles. The van der Waals surface area contributed by atoms with Crippen molar-refractivity contribution in [3.05, 3.63) is 35.9 Å². The molecule has 0 saturated carbocycles. The second kappa shape index (κ2) is 5.63. The van der Waals surface area contributed by atoms with E-state index in [1.165, 1.54) is 0 Å². The summed E-state index contributed by atoms with van der Waals surface area (Å²) in [4.78, 5) is 11.6. The number of carbonyl (C=O) groups excluding carboxylic acids is 1. The first-order chi connectivity index (χ1) is 7.84. The van der Waals surface area contributed by atoms with E-state index in [4.69, 9.17) is 0 Å². The van der Waals surface area contributed by atoms with E-state index in [9.17, 15) is 4.79 Å². The largest absolute Gasteiger partial charge is 0.352 e. The van der Waals surface area contributed by atoms with Crippen LogP contribution in [0.15, 0.2) is 30.3 Å². The Morgan fingerprint density at radius 1 is 1.25 bits per heavy atom. The monoisotopic (exact) mass is 219 g/mol. The van der Waals surface area contributed by atoms with Crippen molar-refractivity contribution in [3.8, 4) is 0 Å². The zero-order chi connectivity index (χ0) is 11.2. The van der Waals surface area contributed by atoms with Crippen LogP contribution in [-0.2, 0) is 11.3 Å². The summed E-state index contributed by atoms with van der Waals surface area (Å²) in [5.74, 6) is 0.537. The summed E-state index contributed by atoms with van der Waals surface area (Å²) >= 11 is 0. The molecule has 0 radical (unpaired) electrons. The Hall–Kier alpha value is -1.39. The van der Waals surface area contributed by atoms with Crippen LogP contribution in [0.4, 0.5) is 0 Å². The molecular weight excluding hydrogens is 202 g/mol. The maximum Gasteiger partial charge on any atom is 0.220 e. The average Bonchev–Trinajstić information content (AvgIpc) is 2.81. The van der Waals surface area contributed by atoms with E-state index in [1.807, 2.05) is 30.3 Å². The zero-order valence-corrected chi connectivity index (χ0v) is 9.20. The molecular formula is C12H17N3O. The van der Waals surface area contributed by atoms with Crippen molar-refractivity contribution in [3.63, 3.8) is 0 Å². The van der Waals surface area contributed by atoms with Gasteiger partial charge in [0.25, 0.3) is 0 Å². The normalized spacial score (nSPS) is 16.2. The first-order valence-corrected chi connectivity index (χ1v) is 5.61. The van der Waals surface area contributed by atoms with Crippen molar-refractivity contribution in [1.82, 2.24) is 16.2 Å². The van der Waals surface area contributed by atoms with Gasteiger partial charge in [0.1, 0.15) is 0 Å². The predicted molar refractivity (Wildman–Crippen MR) is 62.4 cm³/mol. The highest BCUT2D eigenvalue weighted by Gasteiger charge is 2.17.